The van der Waals surface area contributed by atoms with Gasteiger partial charge in [-0.15, -0.1) is 0 Å². The Kier molecular flexibility index (Phi) is 9.09. The quantitative estimate of drug-likeness (QED) is 0.363. The van der Waals surface area contributed by atoms with Gasteiger partial charge in [-0.3, -0.25) is 4.18 Å². The molecule has 0 saturated heterocycles. The van der Waals surface area contributed by atoms with Crippen LogP contribution in [0.15, 0.2) is 24.3 Å². The molecular weight excluding hydrogens is 236 g/mol. The molecular formula is C13H24O3S. The third kappa shape index (κ3) is 13.3. The Hall–Kier alpha value is -0.610. The molecule has 0 rings (SSSR count). The van der Waals surface area contributed by atoms with Crippen LogP contribution in [0.1, 0.15) is 39.5 Å². The minimum Gasteiger partial charge on any atom is -0.266 e. The summed E-state index contributed by atoms with van der Waals surface area (Å²) in [6, 6.07) is 0. The summed E-state index contributed by atoms with van der Waals surface area (Å²) in [5.74, 6) is 0.571. The number of allylic oxidation sites excluding steroid dienone is 3. The summed E-state index contributed by atoms with van der Waals surface area (Å²) in [4.78, 5) is 0. The summed E-state index contributed by atoms with van der Waals surface area (Å²) in [7, 11) is -3.32. The van der Waals surface area contributed by atoms with Crippen LogP contribution >= 0.6 is 0 Å². The molecule has 0 aromatic heterocycles. The lowest BCUT2D eigenvalue weighted by Gasteiger charge is -2.03. The monoisotopic (exact) mass is 260 g/mol. The van der Waals surface area contributed by atoms with E-state index in [2.05, 4.69) is 24.1 Å². The third-order valence-corrected chi connectivity index (χ3v) is 2.89. The van der Waals surface area contributed by atoms with E-state index in [1.54, 1.807) is 6.08 Å². The predicted octanol–water partition coefficient (Wildman–Crippen LogP) is 3.29. The maximum Gasteiger partial charge on any atom is 0.264 e. The van der Waals surface area contributed by atoms with Crippen LogP contribution in [0.2, 0.25) is 0 Å². The van der Waals surface area contributed by atoms with Crippen molar-refractivity contribution >= 4 is 10.1 Å². The van der Waals surface area contributed by atoms with Crippen LogP contribution in [0, 0.1) is 5.92 Å². The van der Waals surface area contributed by atoms with Gasteiger partial charge in [-0.05, 0) is 12.3 Å². The van der Waals surface area contributed by atoms with Crippen LogP contribution in [0.25, 0.3) is 0 Å². The first-order chi connectivity index (χ1) is 7.95. The van der Waals surface area contributed by atoms with Crippen molar-refractivity contribution in [1.82, 2.24) is 0 Å². The van der Waals surface area contributed by atoms with E-state index in [0.29, 0.717) is 5.92 Å². The first kappa shape index (κ1) is 16.4. The molecule has 0 spiro atoms. The van der Waals surface area contributed by atoms with Gasteiger partial charge in [-0.25, -0.2) is 0 Å². The van der Waals surface area contributed by atoms with Crippen molar-refractivity contribution in [2.24, 2.45) is 5.92 Å². The van der Waals surface area contributed by atoms with Gasteiger partial charge in [0.15, 0.2) is 0 Å². The Balaban J connectivity index is 3.67. The highest BCUT2D eigenvalue weighted by Gasteiger charge is 1.97. The number of hydrogen-bond donors (Lipinski definition) is 0. The second-order valence-corrected chi connectivity index (χ2v) is 5.92. The topological polar surface area (TPSA) is 43.4 Å². The molecule has 3 nitrogen and oxygen atoms in total. The van der Waals surface area contributed by atoms with Gasteiger partial charge in [0.2, 0.25) is 0 Å². The predicted molar refractivity (Wildman–Crippen MR) is 72.4 cm³/mol. The Morgan fingerprint density at radius 2 is 1.94 bits per heavy atom. The van der Waals surface area contributed by atoms with Gasteiger partial charge >= 0.3 is 0 Å². The fraction of sp³-hybridized carbons (Fsp3) is 0.692. The third-order valence-electron chi connectivity index (χ3n) is 2.33. The molecule has 0 aliphatic heterocycles. The van der Waals surface area contributed by atoms with Gasteiger partial charge in [-0.1, -0.05) is 57.4 Å². The van der Waals surface area contributed by atoms with E-state index in [1.807, 2.05) is 12.2 Å². The second kappa shape index (κ2) is 9.42. The molecule has 0 amide bonds. The summed E-state index contributed by atoms with van der Waals surface area (Å²) in [6.45, 7) is 4.49. The molecule has 0 heterocycles. The zero-order valence-corrected chi connectivity index (χ0v) is 11.9. The lowest BCUT2D eigenvalue weighted by molar-refractivity contribution is 0.361. The van der Waals surface area contributed by atoms with Crippen molar-refractivity contribution in [2.75, 3.05) is 12.9 Å². The van der Waals surface area contributed by atoms with Gasteiger partial charge in [0.25, 0.3) is 10.1 Å². The van der Waals surface area contributed by atoms with Crippen molar-refractivity contribution in [2.45, 2.75) is 39.5 Å². The average molecular weight is 260 g/mol. The molecule has 0 aromatic rings. The van der Waals surface area contributed by atoms with E-state index in [-0.39, 0.29) is 6.61 Å². The smallest absolute Gasteiger partial charge is 0.264 e. The number of hydrogen-bond acceptors (Lipinski definition) is 3. The van der Waals surface area contributed by atoms with E-state index in [9.17, 15) is 8.42 Å². The normalized spacial score (nSPS) is 14.8. The van der Waals surface area contributed by atoms with Crippen LogP contribution in [0.5, 0.6) is 0 Å². The van der Waals surface area contributed by atoms with Crippen molar-refractivity contribution < 1.29 is 12.6 Å². The van der Waals surface area contributed by atoms with Crippen LogP contribution in [0.4, 0.5) is 0 Å². The molecule has 4 heteroatoms. The van der Waals surface area contributed by atoms with Crippen molar-refractivity contribution in [3.05, 3.63) is 24.3 Å². The summed E-state index contributed by atoms with van der Waals surface area (Å²) >= 11 is 0. The van der Waals surface area contributed by atoms with Crippen LogP contribution in [-0.2, 0) is 14.3 Å². The molecule has 1 unspecified atom stereocenters. The van der Waals surface area contributed by atoms with Crippen molar-refractivity contribution in [1.29, 1.82) is 0 Å². The highest BCUT2D eigenvalue weighted by molar-refractivity contribution is 7.85. The Morgan fingerprint density at radius 3 is 2.53 bits per heavy atom. The molecule has 1 atom stereocenters. The van der Waals surface area contributed by atoms with E-state index >= 15 is 0 Å². The van der Waals surface area contributed by atoms with Gasteiger partial charge in [0.1, 0.15) is 0 Å². The maximum absolute atomic E-state index is 10.6. The van der Waals surface area contributed by atoms with Crippen LogP contribution in [0.3, 0.4) is 0 Å². The molecule has 0 saturated carbocycles. The first-order valence-corrected chi connectivity index (χ1v) is 7.95. The molecule has 0 radical (unpaired) electrons. The van der Waals surface area contributed by atoms with Crippen LogP contribution < -0.4 is 0 Å². The second-order valence-electron chi connectivity index (χ2n) is 4.27. The molecule has 0 bridgehead atoms. The highest BCUT2D eigenvalue weighted by Crippen LogP contribution is 2.10. The van der Waals surface area contributed by atoms with Crippen molar-refractivity contribution in [3.8, 4) is 0 Å². The highest BCUT2D eigenvalue weighted by atomic mass is 32.2. The molecule has 0 aromatic carbocycles. The summed E-state index contributed by atoms with van der Waals surface area (Å²) in [6.07, 6.45) is 13.6. The summed E-state index contributed by atoms with van der Waals surface area (Å²) < 4.78 is 25.9. The zero-order valence-electron chi connectivity index (χ0n) is 11.1. The van der Waals surface area contributed by atoms with E-state index in [1.165, 1.54) is 25.7 Å². The molecule has 17 heavy (non-hydrogen) atoms. The molecule has 0 N–H and O–H groups in total. The molecule has 100 valence electrons. The molecule has 0 aliphatic carbocycles. The Labute approximate surface area is 106 Å². The minimum absolute atomic E-state index is 0.105. The summed E-state index contributed by atoms with van der Waals surface area (Å²) in [5.41, 5.74) is 0. The summed E-state index contributed by atoms with van der Waals surface area (Å²) in [5, 5.41) is 0. The standard InChI is InChI=1S/C13H24O3S/c1-4-5-7-10-13(2)11-8-6-9-12-16-17(3,14)15/h6,8-9,11,13H,4-5,7,10,12H2,1-3H3/b9-6+,11-8+. The van der Waals surface area contributed by atoms with E-state index in [4.69, 9.17) is 0 Å². The SMILES string of the molecule is CCCCCC(C)/C=C/C=C/COS(C)(=O)=O. The van der Waals surface area contributed by atoms with Gasteiger partial charge in [-0.2, -0.15) is 8.42 Å². The average Bonchev–Trinajstić information content (AvgIpc) is 2.22. The fourth-order valence-corrected chi connectivity index (χ4v) is 1.69. The van der Waals surface area contributed by atoms with Gasteiger partial charge < -0.3 is 0 Å². The number of rotatable bonds is 9. The van der Waals surface area contributed by atoms with Gasteiger partial charge in [0, 0.05) is 0 Å². The lowest BCUT2D eigenvalue weighted by Crippen LogP contribution is -2.01. The fourth-order valence-electron chi connectivity index (χ4n) is 1.36. The maximum atomic E-state index is 10.6. The minimum atomic E-state index is -3.32. The Bertz CT molecular complexity index is 329. The van der Waals surface area contributed by atoms with Crippen molar-refractivity contribution in [3.63, 3.8) is 0 Å². The lowest BCUT2D eigenvalue weighted by atomic mass is 10.0. The molecule has 0 aliphatic rings. The molecule has 0 fully saturated rings. The first-order valence-electron chi connectivity index (χ1n) is 6.13. The van der Waals surface area contributed by atoms with E-state index in [0.717, 1.165) is 6.26 Å². The zero-order chi connectivity index (χ0) is 13.1. The van der Waals surface area contributed by atoms with Crippen LogP contribution in [-0.4, -0.2) is 21.3 Å². The van der Waals surface area contributed by atoms with E-state index < -0.39 is 10.1 Å². The Morgan fingerprint density at radius 1 is 1.24 bits per heavy atom. The van der Waals surface area contributed by atoms with Gasteiger partial charge in [0.05, 0.1) is 12.9 Å². The number of unbranched alkanes of at least 4 members (excludes halogenated alkanes) is 2. The largest absolute Gasteiger partial charge is 0.266 e.